The summed E-state index contributed by atoms with van der Waals surface area (Å²) in [6, 6.07) is 9.54. The van der Waals surface area contributed by atoms with Crippen molar-refractivity contribution in [3.8, 4) is 0 Å². The fraction of sp³-hybridized carbons (Fsp3) is 0.312. The number of nitrogens with one attached hydrogen (secondary N) is 2. The number of aryl methyl sites for hydroxylation is 2. The highest BCUT2D eigenvalue weighted by Gasteiger charge is 2.10. The Morgan fingerprint density at radius 3 is 2.77 bits per heavy atom. The summed E-state index contributed by atoms with van der Waals surface area (Å²) in [6.45, 7) is 4.75. The number of aromatic nitrogens is 2. The van der Waals surface area contributed by atoms with Gasteiger partial charge in [-0.3, -0.25) is 4.79 Å². The summed E-state index contributed by atoms with van der Waals surface area (Å²) in [5.41, 5.74) is 3.08. The van der Waals surface area contributed by atoms with Crippen molar-refractivity contribution in [2.75, 3.05) is 25.6 Å². The lowest BCUT2D eigenvalue weighted by molar-refractivity contribution is 0.0932. The van der Waals surface area contributed by atoms with Crippen LogP contribution in [0.2, 0.25) is 0 Å². The highest BCUT2D eigenvalue weighted by Crippen LogP contribution is 2.15. The van der Waals surface area contributed by atoms with Gasteiger partial charge < -0.3 is 15.4 Å². The largest absolute Gasteiger partial charge is 0.383 e. The van der Waals surface area contributed by atoms with Crippen LogP contribution >= 0.6 is 0 Å². The molecule has 0 fully saturated rings. The van der Waals surface area contributed by atoms with Crippen LogP contribution in [0.4, 0.5) is 11.6 Å². The van der Waals surface area contributed by atoms with Crippen LogP contribution in [-0.4, -0.2) is 36.1 Å². The Bertz CT molecular complexity index is 658. The van der Waals surface area contributed by atoms with Gasteiger partial charge in [-0.2, -0.15) is 0 Å². The second-order valence-corrected chi connectivity index (χ2v) is 4.96. The van der Waals surface area contributed by atoms with E-state index in [0.29, 0.717) is 24.8 Å². The Morgan fingerprint density at radius 1 is 1.23 bits per heavy atom. The molecule has 1 aromatic carbocycles. The smallest absolute Gasteiger partial charge is 0.270 e. The molecule has 0 aliphatic carbocycles. The first-order valence-electron chi connectivity index (χ1n) is 7.05. The molecule has 0 aliphatic rings. The van der Waals surface area contributed by atoms with Crippen LogP contribution in [0.15, 0.2) is 30.3 Å². The number of carbonyl (C=O) groups excluding carboxylic acids is 1. The van der Waals surface area contributed by atoms with E-state index in [2.05, 4.69) is 20.6 Å². The molecule has 116 valence electrons. The third kappa shape index (κ3) is 4.53. The number of methoxy groups -OCH3 is 1. The van der Waals surface area contributed by atoms with Gasteiger partial charge in [0.2, 0.25) is 5.95 Å². The van der Waals surface area contributed by atoms with Crippen molar-refractivity contribution in [2.45, 2.75) is 13.8 Å². The van der Waals surface area contributed by atoms with E-state index in [9.17, 15) is 4.79 Å². The minimum atomic E-state index is -0.241. The van der Waals surface area contributed by atoms with E-state index in [1.807, 2.05) is 38.1 Å². The summed E-state index contributed by atoms with van der Waals surface area (Å²) in [4.78, 5) is 20.6. The van der Waals surface area contributed by atoms with Crippen LogP contribution in [0, 0.1) is 13.8 Å². The van der Waals surface area contributed by atoms with Crippen LogP contribution in [0.5, 0.6) is 0 Å². The Hall–Kier alpha value is -2.47. The van der Waals surface area contributed by atoms with Gasteiger partial charge in [-0.1, -0.05) is 12.1 Å². The Balaban J connectivity index is 2.14. The molecule has 22 heavy (non-hydrogen) atoms. The van der Waals surface area contributed by atoms with E-state index in [-0.39, 0.29) is 5.91 Å². The lowest BCUT2D eigenvalue weighted by Crippen LogP contribution is -2.28. The zero-order chi connectivity index (χ0) is 15.9. The fourth-order valence-corrected chi connectivity index (χ4v) is 1.95. The molecule has 0 aliphatic heterocycles. The van der Waals surface area contributed by atoms with Crippen LogP contribution in [0.1, 0.15) is 21.7 Å². The van der Waals surface area contributed by atoms with E-state index in [1.54, 1.807) is 13.2 Å². The summed E-state index contributed by atoms with van der Waals surface area (Å²) >= 11 is 0. The van der Waals surface area contributed by atoms with Gasteiger partial charge in [-0.25, -0.2) is 9.97 Å². The summed E-state index contributed by atoms with van der Waals surface area (Å²) in [7, 11) is 1.59. The van der Waals surface area contributed by atoms with Crippen molar-refractivity contribution < 1.29 is 9.53 Å². The topological polar surface area (TPSA) is 76.1 Å². The van der Waals surface area contributed by atoms with Crippen molar-refractivity contribution >= 4 is 17.5 Å². The second-order valence-electron chi connectivity index (χ2n) is 4.96. The highest BCUT2D eigenvalue weighted by atomic mass is 16.5. The molecule has 1 aromatic heterocycles. The van der Waals surface area contributed by atoms with Crippen LogP contribution in [-0.2, 0) is 4.74 Å². The Kier molecular flexibility index (Phi) is 5.43. The zero-order valence-corrected chi connectivity index (χ0v) is 13.0. The predicted molar refractivity (Wildman–Crippen MR) is 85.4 cm³/mol. The number of anilines is 2. The minimum Gasteiger partial charge on any atom is -0.383 e. The molecule has 0 spiro atoms. The van der Waals surface area contributed by atoms with Crippen molar-refractivity contribution in [3.05, 3.63) is 47.3 Å². The van der Waals surface area contributed by atoms with E-state index in [1.165, 1.54) is 0 Å². The van der Waals surface area contributed by atoms with Gasteiger partial charge in [0.15, 0.2) is 0 Å². The maximum atomic E-state index is 12.0. The summed E-state index contributed by atoms with van der Waals surface area (Å²) in [5, 5.41) is 5.87. The normalized spacial score (nSPS) is 10.3. The third-order valence-corrected chi connectivity index (χ3v) is 2.95. The molecular weight excluding hydrogens is 280 g/mol. The SMILES string of the molecule is COCCNC(=O)c1cc(C)nc(Nc2cccc(C)c2)n1. The molecule has 0 unspecified atom stereocenters. The van der Waals surface area contributed by atoms with Crippen molar-refractivity contribution in [2.24, 2.45) is 0 Å². The monoisotopic (exact) mass is 300 g/mol. The van der Waals surface area contributed by atoms with Gasteiger partial charge in [0.05, 0.1) is 6.61 Å². The van der Waals surface area contributed by atoms with E-state index < -0.39 is 0 Å². The average molecular weight is 300 g/mol. The van der Waals surface area contributed by atoms with Crippen LogP contribution in [0.25, 0.3) is 0 Å². The number of hydrogen-bond acceptors (Lipinski definition) is 5. The number of nitrogens with zero attached hydrogens (tertiary/aromatic N) is 2. The molecule has 2 N–H and O–H groups in total. The molecule has 0 saturated heterocycles. The van der Waals surface area contributed by atoms with Crippen molar-refractivity contribution in [1.82, 2.24) is 15.3 Å². The maximum absolute atomic E-state index is 12.0. The van der Waals surface area contributed by atoms with Crippen LogP contribution < -0.4 is 10.6 Å². The van der Waals surface area contributed by atoms with E-state index >= 15 is 0 Å². The number of hydrogen-bond donors (Lipinski definition) is 2. The molecule has 0 radical (unpaired) electrons. The highest BCUT2D eigenvalue weighted by molar-refractivity contribution is 5.92. The lowest BCUT2D eigenvalue weighted by atomic mass is 10.2. The molecule has 6 heteroatoms. The second kappa shape index (κ2) is 7.51. The summed E-state index contributed by atoms with van der Waals surface area (Å²) < 4.78 is 4.91. The predicted octanol–water partition coefficient (Wildman–Crippen LogP) is 2.21. The lowest BCUT2D eigenvalue weighted by Gasteiger charge is -2.09. The van der Waals surface area contributed by atoms with Crippen molar-refractivity contribution in [1.29, 1.82) is 0 Å². The number of ether oxygens (including phenoxy) is 1. The average Bonchev–Trinajstić information content (AvgIpc) is 2.46. The molecule has 1 amide bonds. The number of benzene rings is 1. The number of carbonyl (C=O) groups is 1. The fourth-order valence-electron chi connectivity index (χ4n) is 1.95. The molecule has 0 atom stereocenters. The van der Waals surface area contributed by atoms with Gasteiger partial charge >= 0.3 is 0 Å². The molecule has 1 heterocycles. The van der Waals surface area contributed by atoms with Crippen LogP contribution in [0.3, 0.4) is 0 Å². The first-order valence-corrected chi connectivity index (χ1v) is 7.05. The van der Waals surface area contributed by atoms with Gasteiger partial charge in [0, 0.05) is 25.0 Å². The number of amides is 1. The van der Waals surface area contributed by atoms with E-state index in [0.717, 1.165) is 16.9 Å². The Labute approximate surface area is 129 Å². The molecular formula is C16H20N4O2. The summed E-state index contributed by atoms with van der Waals surface area (Å²) in [5.74, 6) is 0.164. The first-order chi connectivity index (χ1) is 10.6. The van der Waals surface area contributed by atoms with Crippen molar-refractivity contribution in [3.63, 3.8) is 0 Å². The maximum Gasteiger partial charge on any atom is 0.270 e. The number of rotatable bonds is 6. The molecule has 2 rings (SSSR count). The first kappa shape index (κ1) is 15.9. The standard InChI is InChI=1S/C16H20N4O2/c1-11-5-4-6-13(9-11)19-16-18-12(2)10-14(20-16)15(21)17-7-8-22-3/h4-6,9-10H,7-8H2,1-3H3,(H,17,21)(H,18,19,20). The summed E-state index contributed by atoms with van der Waals surface area (Å²) in [6.07, 6.45) is 0. The molecule has 6 nitrogen and oxygen atoms in total. The van der Waals surface area contributed by atoms with E-state index in [4.69, 9.17) is 4.74 Å². The Morgan fingerprint density at radius 2 is 2.05 bits per heavy atom. The molecule has 2 aromatic rings. The van der Waals surface area contributed by atoms with Gasteiger partial charge in [-0.05, 0) is 37.6 Å². The molecule has 0 bridgehead atoms. The molecule has 0 saturated carbocycles. The van der Waals surface area contributed by atoms with Gasteiger partial charge in [-0.15, -0.1) is 0 Å². The van der Waals surface area contributed by atoms with Gasteiger partial charge in [0.1, 0.15) is 5.69 Å². The zero-order valence-electron chi connectivity index (χ0n) is 13.0. The minimum absolute atomic E-state index is 0.241. The third-order valence-electron chi connectivity index (χ3n) is 2.95. The quantitative estimate of drug-likeness (QED) is 0.800. The van der Waals surface area contributed by atoms with Gasteiger partial charge in [0.25, 0.3) is 5.91 Å².